The Morgan fingerprint density at radius 1 is 1.28 bits per heavy atom. The van der Waals surface area contributed by atoms with Gasteiger partial charge in [-0.05, 0) is 31.2 Å². The van der Waals surface area contributed by atoms with Crippen molar-refractivity contribution in [2.24, 2.45) is 0 Å². The maximum absolute atomic E-state index is 13.6. The molecule has 1 aromatic carbocycles. The fourth-order valence-corrected chi connectivity index (χ4v) is 1.59. The normalized spacial score (nSPS) is 9.89. The summed E-state index contributed by atoms with van der Waals surface area (Å²) in [6.45, 7) is 1.76. The second-order valence-corrected chi connectivity index (χ2v) is 3.68. The van der Waals surface area contributed by atoms with Gasteiger partial charge in [-0.25, -0.2) is 14.4 Å². The smallest absolute Gasteiger partial charge is 0.232 e. The van der Waals surface area contributed by atoms with E-state index >= 15 is 0 Å². The molecule has 1 aromatic heterocycles. The maximum Gasteiger partial charge on any atom is 0.232 e. The van der Waals surface area contributed by atoms with Crippen LogP contribution in [-0.2, 0) is 0 Å². The minimum absolute atomic E-state index is 0.0706. The highest BCUT2D eigenvalue weighted by atomic mass is 19.1. The molecular weight excluding hydrogens is 233 g/mol. The molecule has 0 bridgehead atoms. The van der Waals surface area contributed by atoms with Crippen molar-refractivity contribution in [3.05, 3.63) is 41.6 Å². The van der Waals surface area contributed by atoms with Gasteiger partial charge in [-0.15, -0.1) is 0 Å². The van der Waals surface area contributed by atoms with Gasteiger partial charge in [0.05, 0.1) is 12.8 Å². The fourth-order valence-electron chi connectivity index (χ4n) is 1.59. The lowest BCUT2D eigenvalue weighted by Gasteiger charge is -2.05. The van der Waals surface area contributed by atoms with Crippen molar-refractivity contribution in [1.29, 1.82) is 5.26 Å². The third kappa shape index (κ3) is 2.28. The van der Waals surface area contributed by atoms with E-state index in [0.29, 0.717) is 17.0 Å². The summed E-state index contributed by atoms with van der Waals surface area (Å²) in [5, 5.41) is 8.80. The number of aryl methyl sites for hydroxylation is 1. The third-order valence-electron chi connectivity index (χ3n) is 2.40. The van der Waals surface area contributed by atoms with Crippen LogP contribution in [0.15, 0.2) is 24.3 Å². The van der Waals surface area contributed by atoms with Crippen LogP contribution >= 0.6 is 0 Å². The first-order chi connectivity index (χ1) is 8.63. The molecule has 0 aliphatic rings. The Morgan fingerprint density at radius 3 is 2.67 bits per heavy atom. The molecule has 0 aliphatic heterocycles. The molecule has 0 saturated carbocycles. The SMILES string of the molecule is COc1ccc(-c2cc(C)nc(C#N)n2)cc1F. The lowest BCUT2D eigenvalue weighted by Crippen LogP contribution is -1.96. The van der Waals surface area contributed by atoms with E-state index in [4.69, 9.17) is 10.00 Å². The highest BCUT2D eigenvalue weighted by Crippen LogP contribution is 2.24. The average Bonchev–Trinajstić information content (AvgIpc) is 2.37. The molecule has 0 saturated heterocycles. The molecule has 2 rings (SSSR count). The van der Waals surface area contributed by atoms with Crippen LogP contribution in [0, 0.1) is 24.1 Å². The van der Waals surface area contributed by atoms with Gasteiger partial charge in [0, 0.05) is 11.3 Å². The topological polar surface area (TPSA) is 58.8 Å². The van der Waals surface area contributed by atoms with Crippen molar-refractivity contribution in [2.45, 2.75) is 6.92 Å². The summed E-state index contributed by atoms with van der Waals surface area (Å²) in [6.07, 6.45) is 0. The summed E-state index contributed by atoms with van der Waals surface area (Å²) in [4.78, 5) is 7.98. The standard InChI is InChI=1S/C13H10FN3O/c1-8-5-11(17-13(7-15)16-8)9-3-4-12(18-2)10(14)6-9/h3-6H,1-2H3. The number of ether oxygens (including phenoxy) is 1. The molecule has 0 spiro atoms. The summed E-state index contributed by atoms with van der Waals surface area (Å²) in [7, 11) is 1.40. The van der Waals surface area contributed by atoms with E-state index in [1.54, 1.807) is 19.1 Å². The summed E-state index contributed by atoms with van der Waals surface area (Å²) in [5.41, 5.74) is 1.75. The number of rotatable bonds is 2. The molecule has 5 heteroatoms. The number of hydrogen-bond acceptors (Lipinski definition) is 4. The summed E-state index contributed by atoms with van der Waals surface area (Å²) < 4.78 is 18.4. The van der Waals surface area contributed by atoms with Gasteiger partial charge in [0.25, 0.3) is 0 Å². The number of hydrogen-bond donors (Lipinski definition) is 0. The minimum Gasteiger partial charge on any atom is -0.494 e. The van der Waals surface area contributed by atoms with E-state index in [0.717, 1.165) is 0 Å². The van der Waals surface area contributed by atoms with Crippen LogP contribution in [0.3, 0.4) is 0 Å². The summed E-state index contributed by atoms with van der Waals surface area (Å²) in [6, 6.07) is 8.10. The first-order valence-electron chi connectivity index (χ1n) is 5.23. The van der Waals surface area contributed by atoms with Gasteiger partial charge >= 0.3 is 0 Å². The van der Waals surface area contributed by atoms with Gasteiger partial charge in [-0.3, -0.25) is 0 Å². The number of benzene rings is 1. The summed E-state index contributed by atoms with van der Waals surface area (Å²) >= 11 is 0. The largest absolute Gasteiger partial charge is 0.494 e. The highest BCUT2D eigenvalue weighted by Gasteiger charge is 2.08. The number of methoxy groups -OCH3 is 1. The van der Waals surface area contributed by atoms with Crippen LogP contribution in [0.1, 0.15) is 11.5 Å². The van der Waals surface area contributed by atoms with Gasteiger partial charge in [0.15, 0.2) is 11.6 Å². The molecule has 0 N–H and O–H groups in total. The van der Waals surface area contributed by atoms with E-state index in [-0.39, 0.29) is 11.6 Å². The molecule has 1 heterocycles. The Hall–Kier alpha value is -2.48. The zero-order valence-corrected chi connectivity index (χ0v) is 9.94. The van der Waals surface area contributed by atoms with Crippen molar-refractivity contribution in [2.75, 3.05) is 7.11 Å². The molecule has 0 atom stereocenters. The second kappa shape index (κ2) is 4.80. The Kier molecular flexibility index (Phi) is 3.20. The van der Waals surface area contributed by atoms with E-state index in [2.05, 4.69) is 9.97 Å². The zero-order valence-electron chi connectivity index (χ0n) is 9.94. The molecule has 18 heavy (non-hydrogen) atoms. The van der Waals surface area contributed by atoms with Gasteiger partial charge in [-0.2, -0.15) is 5.26 Å². The highest BCUT2D eigenvalue weighted by molar-refractivity contribution is 5.61. The van der Waals surface area contributed by atoms with Crippen LogP contribution in [0.5, 0.6) is 5.75 Å². The molecule has 0 amide bonds. The van der Waals surface area contributed by atoms with Gasteiger partial charge in [0.1, 0.15) is 6.07 Å². The second-order valence-electron chi connectivity index (χ2n) is 3.68. The quantitative estimate of drug-likeness (QED) is 0.813. The molecule has 90 valence electrons. The maximum atomic E-state index is 13.6. The van der Waals surface area contributed by atoms with Crippen molar-refractivity contribution < 1.29 is 9.13 Å². The van der Waals surface area contributed by atoms with Crippen LogP contribution in [-0.4, -0.2) is 17.1 Å². The minimum atomic E-state index is -0.468. The number of aromatic nitrogens is 2. The van der Waals surface area contributed by atoms with Crippen molar-refractivity contribution >= 4 is 0 Å². The Labute approximate surface area is 104 Å². The number of halogens is 1. The van der Waals surface area contributed by atoms with E-state index in [1.165, 1.54) is 19.2 Å². The summed E-state index contributed by atoms with van der Waals surface area (Å²) in [5.74, 6) is -0.226. The van der Waals surface area contributed by atoms with Gasteiger partial charge in [0.2, 0.25) is 5.82 Å². The molecule has 0 fully saturated rings. The van der Waals surface area contributed by atoms with Gasteiger partial charge < -0.3 is 4.74 Å². The number of nitrogens with zero attached hydrogens (tertiary/aromatic N) is 3. The average molecular weight is 243 g/mol. The van der Waals surface area contributed by atoms with Crippen LogP contribution in [0.25, 0.3) is 11.3 Å². The lowest BCUT2D eigenvalue weighted by molar-refractivity contribution is 0.386. The molecule has 0 radical (unpaired) electrons. The lowest BCUT2D eigenvalue weighted by atomic mass is 10.1. The monoisotopic (exact) mass is 243 g/mol. The first kappa shape index (κ1) is 12.0. The van der Waals surface area contributed by atoms with Crippen molar-refractivity contribution in [3.63, 3.8) is 0 Å². The van der Waals surface area contributed by atoms with Crippen LogP contribution < -0.4 is 4.74 Å². The fraction of sp³-hybridized carbons (Fsp3) is 0.154. The van der Waals surface area contributed by atoms with Crippen molar-refractivity contribution in [3.8, 4) is 23.1 Å². The third-order valence-corrected chi connectivity index (χ3v) is 2.40. The molecule has 0 aliphatic carbocycles. The zero-order chi connectivity index (χ0) is 13.1. The van der Waals surface area contributed by atoms with Crippen LogP contribution in [0.2, 0.25) is 0 Å². The van der Waals surface area contributed by atoms with Gasteiger partial charge in [-0.1, -0.05) is 0 Å². The van der Waals surface area contributed by atoms with E-state index in [9.17, 15) is 4.39 Å². The predicted molar refractivity (Wildman–Crippen MR) is 63.4 cm³/mol. The Bertz CT molecular complexity index is 635. The number of nitriles is 1. The first-order valence-corrected chi connectivity index (χ1v) is 5.23. The predicted octanol–water partition coefficient (Wildman–Crippen LogP) is 2.47. The van der Waals surface area contributed by atoms with E-state index < -0.39 is 5.82 Å². The molecule has 4 nitrogen and oxygen atoms in total. The Balaban J connectivity index is 2.52. The van der Waals surface area contributed by atoms with Crippen molar-refractivity contribution in [1.82, 2.24) is 9.97 Å². The molecule has 0 unspecified atom stereocenters. The van der Waals surface area contributed by atoms with E-state index in [1.807, 2.05) is 6.07 Å². The van der Waals surface area contributed by atoms with Crippen LogP contribution in [0.4, 0.5) is 4.39 Å². The molecular formula is C13H10FN3O. The molecule has 2 aromatic rings. The Morgan fingerprint density at radius 2 is 2.06 bits per heavy atom.